The van der Waals surface area contributed by atoms with Crippen LogP contribution >= 0.6 is 0 Å². The minimum Gasteiger partial charge on any atom is -0.389 e. The molecule has 4 aliphatic carbocycles. The molecule has 2 N–H and O–H groups in total. The van der Waals surface area contributed by atoms with Gasteiger partial charge in [0.25, 0.3) is 0 Å². The van der Waals surface area contributed by atoms with E-state index in [9.17, 15) is 10.2 Å². The fraction of sp³-hybridized carbons (Fsp3) is 0.933. The van der Waals surface area contributed by atoms with Gasteiger partial charge in [0.1, 0.15) is 19.7 Å². The summed E-state index contributed by atoms with van der Waals surface area (Å²) in [4.78, 5) is 0. The summed E-state index contributed by atoms with van der Waals surface area (Å²) in [5.41, 5.74) is -2.67. The highest BCUT2D eigenvalue weighted by Gasteiger charge is 2.77. The van der Waals surface area contributed by atoms with Crippen molar-refractivity contribution >= 4 is 0 Å². The van der Waals surface area contributed by atoms with Gasteiger partial charge in [-0.1, -0.05) is 19.8 Å². The van der Waals surface area contributed by atoms with Crippen LogP contribution in [-0.4, -0.2) is 79.9 Å². The fourth-order valence-electron chi connectivity index (χ4n) is 9.99. The summed E-state index contributed by atoms with van der Waals surface area (Å²) in [6.45, 7) is 9.02. The topological polar surface area (TPSA) is 95.8 Å². The van der Waals surface area contributed by atoms with E-state index in [4.69, 9.17) is 34.8 Å². The predicted octanol–water partition coefficient (Wildman–Crippen LogP) is 3.47. The monoisotopic (exact) mass is 536 g/mol. The fourth-order valence-corrected chi connectivity index (χ4v) is 9.99. The summed E-state index contributed by atoms with van der Waals surface area (Å²) in [6, 6.07) is 0. The van der Waals surface area contributed by atoms with Crippen LogP contribution in [0.1, 0.15) is 72.6 Å². The Kier molecular flexibility index (Phi) is 7.53. The highest BCUT2D eigenvalue weighted by molar-refractivity contribution is 5.26. The maximum Gasteiger partial charge on any atom is 0.163 e. The van der Waals surface area contributed by atoms with Crippen LogP contribution in [-0.2, 0) is 28.4 Å². The van der Waals surface area contributed by atoms with Gasteiger partial charge in [-0.2, -0.15) is 0 Å². The van der Waals surface area contributed by atoms with Crippen molar-refractivity contribution in [1.29, 1.82) is 0 Å². The zero-order valence-corrected chi connectivity index (χ0v) is 24.0. The number of terminal acetylenes is 1. The molecule has 216 valence electrons. The molecule has 0 aromatic rings. The van der Waals surface area contributed by atoms with Crippen LogP contribution in [0, 0.1) is 46.8 Å². The Morgan fingerprint density at radius 2 is 1.82 bits per heavy atom. The van der Waals surface area contributed by atoms with Crippen LogP contribution < -0.4 is 0 Å². The summed E-state index contributed by atoms with van der Waals surface area (Å²) < 4.78 is 37.4. The lowest BCUT2D eigenvalue weighted by atomic mass is 9.39. The lowest BCUT2D eigenvalue weighted by Crippen LogP contribution is -2.78. The van der Waals surface area contributed by atoms with Crippen LogP contribution in [0.4, 0.5) is 0 Å². The molecule has 8 heteroatoms. The maximum absolute atomic E-state index is 12.6. The lowest BCUT2D eigenvalue weighted by Gasteiger charge is -2.71. The molecule has 4 saturated carbocycles. The number of hydrogen-bond acceptors (Lipinski definition) is 8. The first-order valence-corrected chi connectivity index (χ1v) is 14.4. The summed E-state index contributed by atoms with van der Waals surface area (Å²) in [5.74, 6) is 1.98. The lowest BCUT2D eigenvalue weighted by molar-refractivity contribution is -0.405. The first kappa shape index (κ1) is 28.8. The van der Waals surface area contributed by atoms with Gasteiger partial charge in [-0.15, -0.1) is 6.42 Å². The zero-order chi connectivity index (χ0) is 27.6. The molecule has 0 radical (unpaired) electrons. The number of aliphatic hydroxyl groups is 2. The van der Waals surface area contributed by atoms with E-state index >= 15 is 0 Å². The highest BCUT2D eigenvalue weighted by Crippen LogP contribution is 2.73. The third-order valence-electron chi connectivity index (χ3n) is 11.3. The Morgan fingerprint density at radius 3 is 2.50 bits per heavy atom. The molecular weight excluding hydrogens is 488 g/mol. The van der Waals surface area contributed by atoms with E-state index in [1.54, 1.807) is 14.2 Å². The summed E-state index contributed by atoms with van der Waals surface area (Å²) in [5, 5.41) is 23.6. The first-order chi connectivity index (χ1) is 17.9. The van der Waals surface area contributed by atoms with E-state index in [2.05, 4.69) is 19.8 Å². The van der Waals surface area contributed by atoms with Crippen molar-refractivity contribution in [3.8, 4) is 12.3 Å². The van der Waals surface area contributed by atoms with Crippen LogP contribution in [0.2, 0.25) is 0 Å². The van der Waals surface area contributed by atoms with Crippen molar-refractivity contribution in [2.45, 2.75) is 108 Å². The predicted molar refractivity (Wildman–Crippen MR) is 140 cm³/mol. The van der Waals surface area contributed by atoms with E-state index in [0.717, 1.165) is 25.7 Å². The second-order valence-electron chi connectivity index (χ2n) is 13.5. The molecule has 38 heavy (non-hydrogen) atoms. The molecule has 1 saturated heterocycles. The zero-order valence-electron chi connectivity index (χ0n) is 24.0. The number of hydrogen-bond donors (Lipinski definition) is 2. The molecule has 1 spiro atoms. The largest absolute Gasteiger partial charge is 0.389 e. The maximum atomic E-state index is 12.6. The molecule has 1 heterocycles. The third kappa shape index (κ3) is 3.95. The SMILES string of the molecule is C#CC(O)[C@H]1CC[C@]2(OCOC)C3CC[C@]4(O)C[C@@H](C)C[C@H]5OC(C)(C)OC[C@]54C3[C@H](OCOC)C[C@]12C. The van der Waals surface area contributed by atoms with Crippen molar-refractivity contribution in [3.63, 3.8) is 0 Å². The molecular formula is C30H48O8. The molecule has 0 bridgehead atoms. The Hall–Kier alpha value is -0.760. The molecule has 3 unspecified atom stereocenters. The quantitative estimate of drug-likeness (QED) is 0.377. The van der Waals surface area contributed by atoms with E-state index < -0.39 is 33.9 Å². The third-order valence-corrected chi connectivity index (χ3v) is 11.3. The van der Waals surface area contributed by atoms with E-state index in [1.807, 2.05) is 13.8 Å². The van der Waals surface area contributed by atoms with Gasteiger partial charge in [0.2, 0.25) is 0 Å². The van der Waals surface area contributed by atoms with Gasteiger partial charge in [-0.3, -0.25) is 0 Å². The van der Waals surface area contributed by atoms with E-state index in [1.165, 1.54) is 0 Å². The van der Waals surface area contributed by atoms with Gasteiger partial charge in [0, 0.05) is 31.5 Å². The van der Waals surface area contributed by atoms with Crippen LogP contribution in [0.3, 0.4) is 0 Å². The van der Waals surface area contributed by atoms with Crippen LogP contribution in [0.15, 0.2) is 0 Å². The molecule has 8 nitrogen and oxygen atoms in total. The average molecular weight is 537 g/mol. The van der Waals surface area contributed by atoms with E-state index in [-0.39, 0.29) is 43.5 Å². The van der Waals surface area contributed by atoms with Gasteiger partial charge < -0.3 is 38.6 Å². The number of fused-ring (bicyclic) bond motifs is 3. The van der Waals surface area contributed by atoms with Gasteiger partial charge in [0.05, 0.1) is 35.4 Å². The number of rotatable bonds is 7. The van der Waals surface area contributed by atoms with Gasteiger partial charge >= 0.3 is 0 Å². The smallest absolute Gasteiger partial charge is 0.163 e. The number of methoxy groups -OCH3 is 2. The average Bonchev–Trinajstić information content (AvgIpc) is 3.16. The Labute approximate surface area is 228 Å². The molecule has 5 fully saturated rings. The minimum atomic E-state index is -0.950. The summed E-state index contributed by atoms with van der Waals surface area (Å²) in [7, 11) is 3.27. The van der Waals surface area contributed by atoms with Crippen LogP contribution in [0.5, 0.6) is 0 Å². The van der Waals surface area contributed by atoms with Gasteiger partial charge in [-0.25, -0.2) is 0 Å². The second kappa shape index (κ2) is 9.95. The molecule has 1 aliphatic heterocycles. The number of aliphatic hydroxyl groups excluding tert-OH is 1. The molecule has 11 atom stereocenters. The van der Waals surface area contributed by atoms with Crippen molar-refractivity contribution < 1.29 is 38.6 Å². The highest BCUT2D eigenvalue weighted by atomic mass is 16.7. The Balaban J connectivity index is 1.67. The molecule has 0 aromatic carbocycles. The van der Waals surface area contributed by atoms with Crippen molar-refractivity contribution in [2.75, 3.05) is 34.4 Å². The minimum absolute atomic E-state index is 0.0258. The van der Waals surface area contributed by atoms with Crippen molar-refractivity contribution in [3.05, 3.63) is 0 Å². The molecule has 5 aliphatic rings. The Morgan fingerprint density at radius 1 is 1.08 bits per heavy atom. The molecule has 0 amide bonds. The molecule has 5 rings (SSSR count). The van der Waals surface area contributed by atoms with Gasteiger partial charge in [-0.05, 0) is 70.6 Å². The normalized spacial score (nSPS) is 50.2. The summed E-state index contributed by atoms with van der Waals surface area (Å²) >= 11 is 0. The second-order valence-corrected chi connectivity index (χ2v) is 13.5. The standard InChI is InChI=1S/C30H48O8/c1-8-22(31)20-10-12-30(37-18-34-7)21-9-11-28(32)14-19(2)13-24-29(28,16-36-26(3,4)38-24)25(21)23(35-17-33-6)15-27(20,30)5/h1,19-25,31-32H,9-18H2,2-7H3/t19-,20+,21?,22?,23+,24+,25?,27+,28-,29+,30-/m0/s1. The number of ether oxygens (including phenoxy) is 6. The van der Waals surface area contributed by atoms with Gasteiger partial charge in [0.15, 0.2) is 5.79 Å². The van der Waals surface area contributed by atoms with Crippen molar-refractivity contribution in [1.82, 2.24) is 0 Å². The first-order valence-electron chi connectivity index (χ1n) is 14.4. The van der Waals surface area contributed by atoms with E-state index in [0.29, 0.717) is 31.8 Å². The summed E-state index contributed by atoms with van der Waals surface area (Å²) in [6.07, 6.45) is 9.56. The molecule has 0 aromatic heterocycles. The van der Waals surface area contributed by atoms with Crippen molar-refractivity contribution in [2.24, 2.45) is 34.5 Å². The van der Waals surface area contributed by atoms with Crippen LogP contribution in [0.25, 0.3) is 0 Å². The Bertz CT molecular complexity index is 918.